The van der Waals surface area contributed by atoms with Crippen LogP contribution in [0.25, 0.3) is 0 Å². The van der Waals surface area contributed by atoms with Crippen molar-refractivity contribution < 1.29 is 13.9 Å². The van der Waals surface area contributed by atoms with Gasteiger partial charge in [0.05, 0.1) is 13.2 Å². The molecule has 0 radical (unpaired) electrons. The molecule has 1 aliphatic heterocycles. The van der Waals surface area contributed by atoms with E-state index in [-0.39, 0.29) is 0 Å². The van der Waals surface area contributed by atoms with Crippen molar-refractivity contribution >= 4 is 6.01 Å². The molecule has 1 aromatic rings. The van der Waals surface area contributed by atoms with Crippen LogP contribution in [0.3, 0.4) is 0 Å². The van der Waals surface area contributed by atoms with E-state index in [4.69, 9.17) is 13.9 Å². The number of hydrogen-bond donors (Lipinski definition) is 1. The van der Waals surface area contributed by atoms with Crippen molar-refractivity contribution in [3.05, 3.63) is 5.89 Å². The topological polar surface area (TPSA) is 69.4 Å². The van der Waals surface area contributed by atoms with Crippen molar-refractivity contribution in [3.63, 3.8) is 0 Å². The van der Waals surface area contributed by atoms with E-state index >= 15 is 0 Å². The molecule has 1 aliphatic carbocycles. The Morgan fingerprint density at radius 3 is 3.00 bits per heavy atom. The molecule has 2 aliphatic rings. The van der Waals surface area contributed by atoms with Crippen LogP contribution in [-0.4, -0.2) is 36.1 Å². The van der Waals surface area contributed by atoms with Gasteiger partial charge in [-0.25, -0.2) is 0 Å². The van der Waals surface area contributed by atoms with Crippen LogP contribution in [0.4, 0.5) is 6.01 Å². The van der Waals surface area contributed by atoms with Crippen LogP contribution >= 0.6 is 0 Å². The van der Waals surface area contributed by atoms with Crippen molar-refractivity contribution in [2.24, 2.45) is 0 Å². The summed E-state index contributed by atoms with van der Waals surface area (Å²) >= 11 is 0. The molecule has 17 heavy (non-hydrogen) atoms. The van der Waals surface area contributed by atoms with Gasteiger partial charge in [0.15, 0.2) is 5.60 Å². The molecule has 0 spiro atoms. The zero-order chi connectivity index (χ0) is 11.7. The molecular weight excluding hydrogens is 222 g/mol. The van der Waals surface area contributed by atoms with Gasteiger partial charge in [0.1, 0.15) is 0 Å². The van der Waals surface area contributed by atoms with Gasteiger partial charge in [0.2, 0.25) is 0 Å². The highest BCUT2D eigenvalue weighted by Gasteiger charge is 2.43. The largest absolute Gasteiger partial charge is 0.405 e. The summed E-state index contributed by atoms with van der Waals surface area (Å²) in [5.41, 5.74) is -0.536. The third kappa shape index (κ3) is 2.14. The van der Waals surface area contributed by atoms with Gasteiger partial charge in [-0.3, -0.25) is 0 Å². The first kappa shape index (κ1) is 11.0. The minimum atomic E-state index is -0.536. The van der Waals surface area contributed by atoms with Crippen molar-refractivity contribution in [3.8, 4) is 0 Å². The van der Waals surface area contributed by atoms with E-state index in [0.717, 1.165) is 6.42 Å². The van der Waals surface area contributed by atoms with Crippen LogP contribution in [0.1, 0.15) is 32.1 Å². The number of nitrogens with zero attached hydrogens (tertiary/aromatic N) is 2. The van der Waals surface area contributed by atoms with E-state index in [1.165, 1.54) is 12.8 Å². The summed E-state index contributed by atoms with van der Waals surface area (Å²) < 4.78 is 16.8. The lowest BCUT2D eigenvalue weighted by molar-refractivity contribution is -0.0656. The summed E-state index contributed by atoms with van der Waals surface area (Å²) in [6.07, 6.45) is 3.13. The standard InChI is InChI=1S/C11H17N3O3/c1-2-16-11(5-6-15-7-11)9-13-14-10(17-9)12-8-3-4-8/h8H,2-7H2,1H3,(H,12,14). The average Bonchev–Trinajstić information content (AvgIpc) is 2.80. The molecular formula is C11H17N3O3. The third-order valence-electron chi connectivity index (χ3n) is 3.13. The Bertz CT molecular complexity index is 383. The molecule has 1 N–H and O–H groups in total. The lowest BCUT2D eigenvalue weighted by Gasteiger charge is -2.22. The molecule has 1 saturated heterocycles. The van der Waals surface area contributed by atoms with Crippen molar-refractivity contribution in [1.29, 1.82) is 0 Å². The van der Waals surface area contributed by atoms with Gasteiger partial charge in [-0.1, -0.05) is 5.10 Å². The van der Waals surface area contributed by atoms with E-state index in [2.05, 4.69) is 15.5 Å². The fraction of sp³-hybridized carbons (Fsp3) is 0.818. The highest BCUT2D eigenvalue weighted by Crippen LogP contribution is 2.34. The zero-order valence-corrected chi connectivity index (χ0v) is 9.94. The first-order valence-electron chi connectivity index (χ1n) is 6.14. The molecule has 6 nitrogen and oxygen atoms in total. The molecule has 6 heteroatoms. The summed E-state index contributed by atoms with van der Waals surface area (Å²) in [4.78, 5) is 0. The maximum absolute atomic E-state index is 5.76. The Kier molecular flexibility index (Phi) is 2.76. The first-order chi connectivity index (χ1) is 8.32. The van der Waals surface area contributed by atoms with Crippen molar-refractivity contribution in [2.75, 3.05) is 25.1 Å². The number of ether oxygens (including phenoxy) is 2. The molecule has 0 bridgehead atoms. The van der Waals surface area contributed by atoms with Crippen LogP contribution < -0.4 is 5.32 Å². The van der Waals surface area contributed by atoms with Crippen molar-refractivity contribution in [1.82, 2.24) is 10.2 Å². The van der Waals surface area contributed by atoms with Gasteiger partial charge in [-0.05, 0) is 19.8 Å². The molecule has 0 amide bonds. The Morgan fingerprint density at radius 2 is 2.35 bits per heavy atom. The fourth-order valence-corrected chi connectivity index (χ4v) is 2.03. The average molecular weight is 239 g/mol. The molecule has 94 valence electrons. The van der Waals surface area contributed by atoms with E-state index in [0.29, 0.717) is 37.8 Å². The number of aromatic nitrogens is 2. The highest BCUT2D eigenvalue weighted by atomic mass is 16.6. The van der Waals surface area contributed by atoms with Gasteiger partial charge in [0.25, 0.3) is 5.89 Å². The minimum absolute atomic E-state index is 0.492. The Morgan fingerprint density at radius 1 is 1.47 bits per heavy atom. The summed E-state index contributed by atoms with van der Waals surface area (Å²) in [5, 5.41) is 11.3. The number of hydrogen-bond acceptors (Lipinski definition) is 6. The van der Waals surface area contributed by atoms with Crippen LogP contribution in [0.5, 0.6) is 0 Å². The van der Waals surface area contributed by atoms with Gasteiger partial charge in [-0.2, -0.15) is 0 Å². The maximum atomic E-state index is 5.76. The molecule has 0 aromatic carbocycles. The summed E-state index contributed by atoms with van der Waals surface area (Å²) in [6, 6.07) is 1.000. The maximum Gasteiger partial charge on any atom is 0.315 e. The van der Waals surface area contributed by atoms with Gasteiger partial charge in [0, 0.05) is 19.1 Å². The van der Waals surface area contributed by atoms with Gasteiger partial charge >= 0.3 is 6.01 Å². The number of anilines is 1. The van der Waals surface area contributed by atoms with Crippen LogP contribution in [0.15, 0.2) is 4.42 Å². The summed E-state index contributed by atoms with van der Waals surface area (Å²) in [7, 11) is 0. The summed E-state index contributed by atoms with van der Waals surface area (Å²) in [5.74, 6) is 0.528. The Hall–Kier alpha value is -1.14. The first-order valence-corrected chi connectivity index (χ1v) is 6.14. The van der Waals surface area contributed by atoms with E-state index in [1.807, 2.05) is 6.92 Å². The normalized spacial score (nSPS) is 28.5. The Labute approximate surface area is 99.7 Å². The molecule has 1 aromatic heterocycles. The van der Waals surface area contributed by atoms with E-state index < -0.39 is 5.60 Å². The van der Waals surface area contributed by atoms with Gasteiger partial charge < -0.3 is 19.2 Å². The molecule has 2 heterocycles. The molecule has 2 fully saturated rings. The lowest BCUT2D eigenvalue weighted by atomic mass is 10.0. The second-order valence-corrected chi connectivity index (χ2v) is 4.56. The highest BCUT2D eigenvalue weighted by molar-refractivity contribution is 5.23. The Balaban J connectivity index is 1.77. The fourth-order valence-electron chi connectivity index (χ4n) is 2.03. The molecule has 1 unspecified atom stereocenters. The van der Waals surface area contributed by atoms with E-state index in [1.54, 1.807) is 0 Å². The van der Waals surface area contributed by atoms with E-state index in [9.17, 15) is 0 Å². The lowest BCUT2D eigenvalue weighted by Crippen LogP contribution is -2.30. The summed E-state index contributed by atoms with van der Waals surface area (Å²) in [6.45, 7) is 3.73. The molecule has 3 rings (SSSR count). The minimum Gasteiger partial charge on any atom is -0.405 e. The van der Waals surface area contributed by atoms with Crippen LogP contribution in [0.2, 0.25) is 0 Å². The third-order valence-corrected chi connectivity index (χ3v) is 3.13. The van der Waals surface area contributed by atoms with Crippen molar-refractivity contribution in [2.45, 2.75) is 37.8 Å². The predicted molar refractivity (Wildman–Crippen MR) is 59.7 cm³/mol. The molecule has 1 atom stereocenters. The zero-order valence-electron chi connectivity index (χ0n) is 9.94. The predicted octanol–water partition coefficient (Wildman–Crippen LogP) is 1.30. The smallest absolute Gasteiger partial charge is 0.315 e. The SMILES string of the molecule is CCOC1(c2nnc(NC3CC3)o2)CCOC1. The van der Waals surface area contributed by atoms with Gasteiger partial charge in [-0.15, -0.1) is 5.10 Å². The van der Waals surface area contributed by atoms with Crippen LogP contribution in [0, 0.1) is 0 Å². The second kappa shape index (κ2) is 4.27. The quantitative estimate of drug-likeness (QED) is 0.835. The molecule has 1 saturated carbocycles. The monoisotopic (exact) mass is 239 g/mol. The second-order valence-electron chi connectivity index (χ2n) is 4.56. The number of rotatable bonds is 5. The van der Waals surface area contributed by atoms with Crippen LogP contribution in [-0.2, 0) is 15.1 Å². The number of nitrogens with one attached hydrogen (secondary N) is 1.